The average Bonchev–Trinajstić information content (AvgIpc) is 3.32. The molecule has 0 bridgehead atoms. The van der Waals surface area contributed by atoms with Crippen molar-refractivity contribution in [3.05, 3.63) is 88.0 Å². The molecular weight excluding hydrogens is 511 g/mol. The van der Waals surface area contributed by atoms with Crippen LogP contribution < -0.4 is 9.47 Å². The fourth-order valence-electron chi connectivity index (χ4n) is 3.35. The van der Waals surface area contributed by atoms with E-state index in [0.717, 1.165) is 22.2 Å². The standard InChI is InChI=1S/C25H17BrF3N3O2/c1-33-23-11-20(34-14-16-4-7-19(26)10-17(16)12-30)8-9-21(23)22-13-31-24(32-22)15-2-5-18(6-3-15)25(27,28)29/h2-11,13H,14H2,1H3,(H,31,32). The topological polar surface area (TPSA) is 70.9 Å². The number of H-pyrrole nitrogens is 1. The van der Waals surface area contributed by atoms with E-state index in [-0.39, 0.29) is 6.61 Å². The Hall–Kier alpha value is -3.77. The minimum atomic E-state index is -4.39. The van der Waals surface area contributed by atoms with Gasteiger partial charge in [-0.1, -0.05) is 34.1 Å². The number of aromatic amines is 1. The number of nitriles is 1. The summed E-state index contributed by atoms with van der Waals surface area (Å²) in [5, 5.41) is 9.31. The van der Waals surface area contributed by atoms with Crippen LogP contribution in [-0.2, 0) is 12.8 Å². The van der Waals surface area contributed by atoms with E-state index < -0.39 is 11.7 Å². The molecule has 1 aromatic heterocycles. The SMILES string of the molecule is COc1cc(OCc2ccc(Br)cc2C#N)ccc1-c1cnc(-c2ccc(C(F)(F)F)cc2)[nH]1. The van der Waals surface area contributed by atoms with Crippen LogP contribution >= 0.6 is 15.9 Å². The molecule has 0 spiro atoms. The molecule has 3 aromatic carbocycles. The Kier molecular flexibility index (Phi) is 6.61. The summed E-state index contributed by atoms with van der Waals surface area (Å²) in [6.07, 6.45) is -2.80. The maximum absolute atomic E-state index is 12.8. The number of methoxy groups -OCH3 is 1. The lowest BCUT2D eigenvalue weighted by molar-refractivity contribution is -0.137. The quantitative estimate of drug-likeness (QED) is 0.293. The molecule has 0 aliphatic rings. The first-order valence-electron chi connectivity index (χ1n) is 10.0. The highest BCUT2D eigenvalue weighted by Crippen LogP contribution is 2.35. The van der Waals surface area contributed by atoms with Crippen LogP contribution in [0.2, 0.25) is 0 Å². The molecule has 0 saturated heterocycles. The Morgan fingerprint density at radius 2 is 1.82 bits per heavy atom. The van der Waals surface area contributed by atoms with Crippen LogP contribution in [0, 0.1) is 11.3 Å². The Bertz CT molecular complexity index is 1360. The van der Waals surface area contributed by atoms with E-state index in [0.29, 0.717) is 39.7 Å². The number of benzene rings is 3. The molecule has 1 N–H and O–H groups in total. The zero-order valence-corrected chi connectivity index (χ0v) is 19.4. The average molecular weight is 528 g/mol. The van der Waals surface area contributed by atoms with Crippen molar-refractivity contribution in [3.63, 3.8) is 0 Å². The van der Waals surface area contributed by atoms with Crippen LogP contribution in [0.3, 0.4) is 0 Å². The predicted octanol–water partition coefficient (Wildman–Crippen LogP) is 6.98. The zero-order chi connectivity index (χ0) is 24.3. The number of aromatic nitrogens is 2. The molecule has 0 saturated carbocycles. The van der Waals surface area contributed by atoms with E-state index in [4.69, 9.17) is 9.47 Å². The number of nitrogens with zero attached hydrogens (tertiary/aromatic N) is 2. The van der Waals surface area contributed by atoms with Gasteiger partial charge in [0, 0.05) is 27.2 Å². The van der Waals surface area contributed by atoms with E-state index in [1.807, 2.05) is 12.1 Å². The van der Waals surface area contributed by atoms with Gasteiger partial charge in [0.05, 0.1) is 36.2 Å². The summed E-state index contributed by atoms with van der Waals surface area (Å²) >= 11 is 3.35. The summed E-state index contributed by atoms with van der Waals surface area (Å²) in [6.45, 7) is 0.209. The van der Waals surface area contributed by atoms with Gasteiger partial charge in [0.2, 0.25) is 0 Å². The molecule has 0 atom stereocenters. The minimum absolute atomic E-state index is 0.209. The maximum atomic E-state index is 12.8. The predicted molar refractivity (Wildman–Crippen MR) is 124 cm³/mol. The van der Waals surface area contributed by atoms with E-state index >= 15 is 0 Å². The number of ether oxygens (including phenoxy) is 2. The molecule has 9 heteroatoms. The van der Waals surface area contributed by atoms with Crippen LogP contribution in [0.4, 0.5) is 13.2 Å². The summed E-state index contributed by atoms with van der Waals surface area (Å²) in [4.78, 5) is 7.42. The Balaban J connectivity index is 1.54. The first-order chi connectivity index (χ1) is 16.3. The molecule has 0 radical (unpaired) electrons. The summed E-state index contributed by atoms with van der Waals surface area (Å²) < 4.78 is 50.6. The van der Waals surface area contributed by atoms with Crippen LogP contribution in [0.1, 0.15) is 16.7 Å². The van der Waals surface area contributed by atoms with E-state index in [1.54, 1.807) is 30.5 Å². The molecule has 0 aliphatic heterocycles. The van der Waals surface area contributed by atoms with Crippen molar-refractivity contribution in [2.24, 2.45) is 0 Å². The smallest absolute Gasteiger partial charge is 0.416 e. The third kappa shape index (κ3) is 5.07. The van der Waals surface area contributed by atoms with Gasteiger partial charge in [-0.15, -0.1) is 0 Å². The van der Waals surface area contributed by atoms with Crippen LogP contribution in [0.25, 0.3) is 22.6 Å². The van der Waals surface area contributed by atoms with Gasteiger partial charge < -0.3 is 14.5 Å². The highest BCUT2D eigenvalue weighted by molar-refractivity contribution is 9.10. The molecule has 4 rings (SSSR count). The first kappa shape index (κ1) is 23.4. The maximum Gasteiger partial charge on any atom is 0.416 e. The van der Waals surface area contributed by atoms with E-state index in [1.165, 1.54) is 19.2 Å². The van der Waals surface area contributed by atoms with Crippen LogP contribution in [0.5, 0.6) is 11.5 Å². The summed E-state index contributed by atoms with van der Waals surface area (Å²) in [6, 6.07) is 17.6. The van der Waals surface area contributed by atoms with Crippen molar-refractivity contribution < 1.29 is 22.6 Å². The molecule has 5 nitrogen and oxygen atoms in total. The number of imidazole rings is 1. The number of hydrogen-bond donors (Lipinski definition) is 1. The highest BCUT2D eigenvalue weighted by atomic mass is 79.9. The Morgan fingerprint density at radius 3 is 2.50 bits per heavy atom. The van der Waals surface area contributed by atoms with Gasteiger partial charge in [-0.25, -0.2) is 4.98 Å². The first-order valence-corrected chi connectivity index (χ1v) is 10.8. The molecule has 0 fully saturated rings. The normalized spacial score (nSPS) is 11.2. The van der Waals surface area contributed by atoms with Gasteiger partial charge in [0.25, 0.3) is 0 Å². The van der Waals surface area contributed by atoms with Crippen molar-refractivity contribution in [3.8, 4) is 40.2 Å². The summed E-state index contributed by atoms with van der Waals surface area (Å²) in [5.74, 6) is 1.51. The van der Waals surface area contributed by atoms with E-state index in [9.17, 15) is 18.4 Å². The molecule has 34 heavy (non-hydrogen) atoms. The van der Waals surface area contributed by atoms with Crippen LogP contribution in [0.15, 0.2) is 71.3 Å². The molecule has 1 heterocycles. The third-order valence-electron chi connectivity index (χ3n) is 5.11. The van der Waals surface area contributed by atoms with Gasteiger partial charge in [-0.2, -0.15) is 18.4 Å². The Labute approximate surface area is 201 Å². The lowest BCUT2D eigenvalue weighted by Gasteiger charge is -2.12. The lowest BCUT2D eigenvalue weighted by atomic mass is 10.1. The number of halogens is 4. The summed E-state index contributed by atoms with van der Waals surface area (Å²) in [7, 11) is 1.53. The van der Waals surface area contributed by atoms with Crippen molar-refractivity contribution in [2.75, 3.05) is 7.11 Å². The van der Waals surface area contributed by atoms with Gasteiger partial charge in [0.15, 0.2) is 0 Å². The second-order valence-electron chi connectivity index (χ2n) is 7.28. The summed E-state index contributed by atoms with van der Waals surface area (Å²) in [5.41, 5.74) is 2.43. The molecule has 0 unspecified atom stereocenters. The van der Waals surface area contributed by atoms with Gasteiger partial charge >= 0.3 is 6.18 Å². The number of nitrogens with one attached hydrogen (secondary N) is 1. The van der Waals surface area contributed by atoms with Crippen molar-refractivity contribution in [1.29, 1.82) is 5.26 Å². The Morgan fingerprint density at radius 1 is 1.06 bits per heavy atom. The van der Waals surface area contributed by atoms with Crippen molar-refractivity contribution in [1.82, 2.24) is 9.97 Å². The number of rotatable bonds is 6. The second kappa shape index (κ2) is 9.61. The second-order valence-corrected chi connectivity index (χ2v) is 8.20. The monoisotopic (exact) mass is 527 g/mol. The molecule has 172 valence electrons. The van der Waals surface area contributed by atoms with Gasteiger partial charge in [-0.05, 0) is 36.4 Å². The largest absolute Gasteiger partial charge is 0.496 e. The van der Waals surface area contributed by atoms with E-state index in [2.05, 4.69) is 32.0 Å². The molecule has 0 amide bonds. The number of hydrogen-bond acceptors (Lipinski definition) is 4. The van der Waals surface area contributed by atoms with Gasteiger partial charge in [0.1, 0.15) is 23.9 Å². The van der Waals surface area contributed by atoms with Gasteiger partial charge in [-0.3, -0.25) is 0 Å². The lowest BCUT2D eigenvalue weighted by Crippen LogP contribution is -2.04. The third-order valence-corrected chi connectivity index (χ3v) is 5.60. The fraction of sp³-hybridized carbons (Fsp3) is 0.120. The zero-order valence-electron chi connectivity index (χ0n) is 17.8. The molecule has 4 aromatic rings. The fourth-order valence-corrected chi connectivity index (χ4v) is 3.71. The van der Waals surface area contributed by atoms with Crippen molar-refractivity contribution >= 4 is 15.9 Å². The molecule has 0 aliphatic carbocycles. The highest BCUT2D eigenvalue weighted by Gasteiger charge is 2.30. The minimum Gasteiger partial charge on any atom is -0.496 e. The van der Waals surface area contributed by atoms with Crippen LogP contribution in [-0.4, -0.2) is 17.1 Å². The van der Waals surface area contributed by atoms with Crippen molar-refractivity contribution in [2.45, 2.75) is 12.8 Å². The number of alkyl halides is 3. The molecular formula is C25H17BrF3N3O2.